The first-order valence-corrected chi connectivity index (χ1v) is 9.42. The zero-order valence-corrected chi connectivity index (χ0v) is 16.2. The lowest BCUT2D eigenvalue weighted by molar-refractivity contribution is 0.892. The summed E-state index contributed by atoms with van der Waals surface area (Å²) in [5.41, 5.74) is 12.4. The summed E-state index contributed by atoms with van der Waals surface area (Å²) >= 11 is 3.51. The summed E-state index contributed by atoms with van der Waals surface area (Å²) in [7, 11) is 0. The molecule has 2 aromatic carbocycles. The maximum absolute atomic E-state index is 6.40. The second kappa shape index (κ2) is 5.99. The number of aromatic nitrogens is 5. The second-order valence-corrected chi connectivity index (χ2v) is 7.61. The summed E-state index contributed by atoms with van der Waals surface area (Å²) in [6, 6.07) is 14.3. The molecule has 0 atom stereocenters. The van der Waals surface area contributed by atoms with Crippen molar-refractivity contribution in [3.63, 3.8) is 0 Å². The predicted octanol–water partition coefficient (Wildman–Crippen LogP) is 4.47. The van der Waals surface area contributed by atoms with Gasteiger partial charge < -0.3 is 15.7 Å². The van der Waals surface area contributed by atoms with Crippen molar-refractivity contribution in [1.29, 1.82) is 0 Å². The molecular formula is C20H17BrN6. The summed E-state index contributed by atoms with van der Waals surface area (Å²) in [6.45, 7) is 1.94. The molecule has 5 aromatic rings. The van der Waals surface area contributed by atoms with Crippen molar-refractivity contribution < 1.29 is 0 Å². The zero-order chi connectivity index (χ0) is 18.5. The van der Waals surface area contributed by atoms with E-state index in [-0.39, 0.29) is 0 Å². The Bertz CT molecular complexity index is 1290. The highest BCUT2D eigenvalue weighted by atomic mass is 79.9. The highest BCUT2D eigenvalue weighted by molar-refractivity contribution is 9.10. The Morgan fingerprint density at radius 2 is 1.96 bits per heavy atom. The maximum atomic E-state index is 6.40. The van der Waals surface area contributed by atoms with Crippen LogP contribution in [0.5, 0.6) is 0 Å². The molecular weight excluding hydrogens is 404 g/mol. The Morgan fingerprint density at radius 3 is 2.85 bits per heavy atom. The lowest BCUT2D eigenvalue weighted by Gasteiger charge is -2.05. The third kappa shape index (κ3) is 2.80. The molecule has 0 saturated heterocycles. The topological polar surface area (TPSA) is 88.3 Å². The van der Waals surface area contributed by atoms with Gasteiger partial charge in [0.1, 0.15) is 11.6 Å². The molecule has 6 nitrogen and oxygen atoms in total. The first-order valence-electron chi connectivity index (χ1n) is 8.63. The third-order valence-corrected chi connectivity index (χ3v) is 5.23. The number of fused-ring (bicyclic) bond motifs is 2. The standard InChI is InChI=1S/C20H17BrN6/c1-11-24-17-5-4-16(9-19(17)25-11)27-20(22)13(10-23-27)7-15-6-12-2-3-14(21)8-18(12)26-15/h2-6,8-10,26H,7,22H2,1H3,(H,24,25). The lowest BCUT2D eigenvalue weighted by Crippen LogP contribution is -2.03. The van der Waals surface area contributed by atoms with Gasteiger partial charge in [-0.2, -0.15) is 5.10 Å². The fourth-order valence-corrected chi connectivity index (χ4v) is 3.81. The number of halogens is 1. The average molecular weight is 421 g/mol. The van der Waals surface area contributed by atoms with E-state index >= 15 is 0 Å². The van der Waals surface area contributed by atoms with Crippen molar-refractivity contribution in [3.05, 3.63) is 70.2 Å². The number of nitrogens with two attached hydrogens (primary N) is 1. The molecule has 0 saturated carbocycles. The van der Waals surface area contributed by atoms with Gasteiger partial charge in [-0.15, -0.1) is 0 Å². The molecule has 0 aliphatic carbocycles. The number of aryl methyl sites for hydroxylation is 1. The zero-order valence-electron chi connectivity index (χ0n) is 14.6. The quantitative estimate of drug-likeness (QED) is 0.402. The van der Waals surface area contributed by atoms with Crippen LogP contribution < -0.4 is 5.73 Å². The number of H-pyrrole nitrogens is 2. The number of hydrogen-bond donors (Lipinski definition) is 3. The molecule has 3 heterocycles. The third-order valence-electron chi connectivity index (χ3n) is 4.74. The number of hydrogen-bond acceptors (Lipinski definition) is 3. The summed E-state index contributed by atoms with van der Waals surface area (Å²) < 4.78 is 2.82. The number of benzene rings is 2. The molecule has 134 valence electrons. The fraction of sp³-hybridized carbons (Fsp3) is 0.100. The van der Waals surface area contributed by atoms with Gasteiger partial charge in [0.25, 0.3) is 0 Å². The van der Waals surface area contributed by atoms with E-state index in [1.165, 1.54) is 5.39 Å². The van der Waals surface area contributed by atoms with E-state index in [1.807, 2.05) is 37.4 Å². The van der Waals surface area contributed by atoms with Crippen LogP contribution in [0.3, 0.4) is 0 Å². The first kappa shape index (κ1) is 16.1. The van der Waals surface area contributed by atoms with Crippen LogP contribution in [0.4, 0.5) is 5.82 Å². The highest BCUT2D eigenvalue weighted by Crippen LogP contribution is 2.25. The van der Waals surface area contributed by atoms with Crippen molar-refractivity contribution >= 4 is 43.7 Å². The van der Waals surface area contributed by atoms with Gasteiger partial charge >= 0.3 is 0 Å². The van der Waals surface area contributed by atoms with Gasteiger partial charge in [-0.3, -0.25) is 0 Å². The van der Waals surface area contributed by atoms with Gasteiger partial charge in [0.05, 0.1) is 22.9 Å². The summed E-state index contributed by atoms with van der Waals surface area (Å²) in [4.78, 5) is 11.1. The van der Waals surface area contributed by atoms with Crippen molar-refractivity contribution in [3.8, 4) is 5.69 Å². The van der Waals surface area contributed by atoms with Crippen LogP contribution in [0.15, 0.2) is 53.1 Å². The first-order chi connectivity index (χ1) is 13.1. The predicted molar refractivity (Wildman–Crippen MR) is 111 cm³/mol. The monoisotopic (exact) mass is 420 g/mol. The maximum Gasteiger partial charge on any atom is 0.130 e. The van der Waals surface area contributed by atoms with Crippen LogP contribution in [0.1, 0.15) is 17.1 Å². The minimum absolute atomic E-state index is 0.644. The Morgan fingerprint density at radius 1 is 1.07 bits per heavy atom. The molecule has 0 spiro atoms. The van der Waals surface area contributed by atoms with Gasteiger partial charge in [-0.25, -0.2) is 9.67 Å². The Balaban J connectivity index is 1.49. The number of imidazole rings is 1. The smallest absolute Gasteiger partial charge is 0.130 e. The molecule has 5 rings (SSSR count). The van der Waals surface area contributed by atoms with Gasteiger partial charge in [0.15, 0.2) is 0 Å². The molecule has 0 unspecified atom stereocenters. The largest absolute Gasteiger partial charge is 0.383 e. The van der Waals surface area contributed by atoms with E-state index in [1.54, 1.807) is 4.68 Å². The minimum Gasteiger partial charge on any atom is -0.383 e. The molecule has 0 fully saturated rings. The Kier molecular flexibility index (Phi) is 3.58. The number of nitrogens with one attached hydrogen (secondary N) is 2. The summed E-state index contributed by atoms with van der Waals surface area (Å²) in [5.74, 6) is 1.53. The molecule has 0 radical (unpaired) electrons. The van der Waals surface area contributed by atoms with E-state index in [0.29, 0.717) is 12.2 Å². The number of rotatable bonds is 3. The van der Waals surface area contributed by atoms with Crippen molar-refractivity contribution in [1.82, 2.24) is 24.7 Å². The molecule has 3 aromatic heterocycles. The summed E-state index contributed by atoms with van der Waals surface area (Å²) in [5, 5.41) is 5.68. The second-order valence-electron chi connectivity index (χ2n) is 6.69. The van der Waals surface area contributed by atoms with Crippen LogP contribution in [0.2, 0.25) is 0 Å². The van der Waals surface area contributed by atoms with E-state index in [4.69, 9.17) is 5.73 Å². The van der Waals surface area contributed by atoms with Crippen LogP contribution in [0, 0.1) is 6.92 Å². The van der Waals surface area contributed by atoms with E-state index in [0.717, 1.165) is 43.8 Å². The molecule has 4 N–H and O–H groups in total. The Labute approximate surface area is 163 Å². The fourth-order valence-electron chi connectivity index (χ4n) is 3.45. The normalized spacial score (nSPS) is 11.6. The number of aromatic amines is 2. The molecule has 7 heteroatoms. The van der Waals surface area contributed by atoms with Gasteiger partial charge in [-0.05, 0) is 48.7 Å². The van der Waals surface area contributed by atoms with E-state index in [2.05, 4.69) is 54.2 Å². The van der Waals surface area contributed by atoms with Gasteiger partial charge in [0.2, 0.25) is 0 Å². The minimum atomic E-state index is 0.644. The number of nitrogen functional groups attached to an aromatic ring is 1. The number of anilines is 1. The SMILES string of the molecule is Cc1nc2ccc(-n3ncc(Cc4cc5ccc(Br)cc5[nH]4)c3N)cc2[nH]1. The molecule has 0 bridgehead atoms. The van der Waals surface area contributed by atoms with Crippen molar-refractivity contribution in [2.45, 2.75) is 13.3 Å². The van der Waals surface area contributed by atoms with Crippen LogP contribution in [0.25, 0.3) is 27.6 Å². The van der Waals surface area contributed by atoms with E-state index < -0.39 is 0 Å². The number of nitrogens with zero attached hydrogens (tertiary/aromatic N) is 3. The van der Waals surface area contributed by atoms with Crippen LogP contribution >= 0.6 is 15.9 Å². The average Bonchev–Trinajstić information content (AvgIpc) is 3.30. The molecule has 0 aliphatic rings. The van der Waals surface area contributed by atoms with Gasteiger partial charge in [-0.1, -0.05) is 22.0 Å². The van der Waals surface area contributed by atoms with Gasteiger partial charge in [0, 0.05) is 27.7 Å². The van der Waals surface area contributed by atoms with Crippen LogP contribution in [-0.4, -0.2) is 24.7 Å². The lowest BCUT2D eigenvalue weighted by atomic mass is 10.1. The van der Waals surface area contributed by atoms with Crippen molar-refractivity contribution in [2.24, 2.45) is 0 Å². The van der Waals surface area contributed by atoms with Crippen molar-refractivity contribution in [2.75, 3.05) is 5.73 Å². The van der Waals surface area contributed by atoms with E-state index in [9.17, 15) is 0 Å². The molecule has 0 aliphatic heterocycles. The Hall–Kier alpha value is -3.06. The summed E-state index contributed by atoms with van der Waals surface area (Å²) in [6.07, 6.45) is 2.53. The molecule has 27 heavy (non-hydrogen) atoms. The van der Waals surface area contributed by atoms with Crippen LogP contribution in [-0.2, 0) is 6.42 Å². The highest BCUT2D eigenvalue weighted by Gasteiger charge is 2.12. The molecule has 0 amide bonds.